The molecule has 0 spiro atoms. The fourth-order valence-electron chi connectivity index (χ4n) is 2.77. The molecule has 0 saturated carbocycles. The fourth-order valence-corrected chi connectivity index (χ4v) is 2.77. The molecule has 0 aromatic heterocycles. The minimum atomic E-state index is -0.470. The quantitative estimate of drug-likeness (QED) is 0.394. The van der Waals surface area contributed by atoms with Crippen molar-refractivity contribution in [2.45, 2.75) is 6.61 Å². The Balaban J connectivity index is 1.57. The van der Waals surface area contributed by atoms with E-state index in [-0.39, 0.29) is 19.0 Å². The van der Waals surface area contributed by atoms with Crippen molar-refractivity contribution < 1.29 is 28.5 Å². The van der Waals surface area contributed by atoms with Crippen LogP contribution in [0, 0.1) is 0 Å². The normalized spacial score (nSPS) is 10.2. The van der Waals surface area contributed by atoms with Gasteiger partial charge in [0, 0.05) is 11.6 Å². The van der Waals surface area contributed by atoms with Crippen molar-refractivity contribution in [3.8, 4) is 17.2 Å². The van der Waals surface area contributed by atoms with Crippen molar-refractivity contribution in [2.24, 2.45) is 0 Å². The van der Waals surface area contributed by atoms with Gasteiger partial charge in [0.1, 0.15) is 23.9 Å². The molecule has 0 fully saturated rings. The van der Waals surface area contributed by atoms with Crippen molar-refractivity contribution in [2.75, 3.05) is 20.8 Å². The van der Waals surface area contributed by atoms with E-state index in [1.54, 1.807) is 49.6 Å². The molecule has 0 radical (unpaired) electrons. The summed E-state index contributed by atoms with van der Waals surface area (Å²) in [6, 6.07) is 21.0. The Labute approximate surface area is 175 Å². The van der Waals surface area contributed by atoms with Gasteiger partial charge in [-0.25, -0.2) is 4.79 Å². The van der Waals surface area contributed by atoms with Crippen molar-refractivity contribution >= 4 is 11.8 Å². The van der Waals surface area contributed by atoms with Gasteiger partial charge in [0.2, 0.25) is 0 Å². The lowest BCUT2D eigenvalue weighted by Gasteiger charge is -2.10. The SMILES string of the molecule is COc1ccc(C(=O)c2ccc(OCC(=O)OCc3ccccc3)cc2)c(OC)c1. The van der Waals surface area contributed by atoms with E-state index < -0.39 is 5.97 Å². The molecule has 0 atom stereocenters. The van der Waals surface area contributed by atoms with Crippen LogP contribution in [0.2, 0.25) is 0 Å². The summed E-state index contributed by atoms with van der Waals surface area (Å²) in [6.45, 7) is -0.0212. The van der Waals surface area contributed by atoms with E-state index in [1.807, 2.05) is 30.3 Å². The molecule has 6 heteroatoms. The predicted octanol–water partition coefficient (Wildman–Crippen LogP) is 4.06. The second kappa shape index (κ2) is 10.1. The lowest BCUT2D eigenvalue weighted by atomic mass is 10.0. The second-order valence-corrected chi connectivity index (χ2v) is 6.35. The summed E-state index contributed by atoms with van der Waals surface area (Å²) in [5.41, 5.74) is 1.80. The van der Waals surface area contributed by atoms with E-state index >= 15 is 0 Å². The third kappa shape index (κ3) is 5.38. The highest BCUT2D eigenvalue weighted by atomic mass is 16.6. The molecule has 3 aromatic carbocycles. The molecule has 0 heterocycles. The molecular formula is C24H22O6. The van der Waals surface area contributed by atoms with Gasteiger partial charge in [-0.15, -0.1) is 0 Å². The highest BCUT2D eigenvalue weighted by Gasteiger charge is 2.15. The van der Waals surface area contributed by atoms with E-state index in [0.29, 0.717) is 28.4 Å². The molecule has 0 saturated heterocycles. The molecule has 3 aromatic rings. The van der Waals surface area contributed by atoms with E-state index in [9.17, 15) is 9.59 Å². The van der Waals surface area contributed by atoms with E-state index in [4.69, 9.17) is 18.9 Å². The van der Waals surface area contributed by atoms with Crippen molar-refractivity contribution in [1.29, 1.82) is 0 Å². The summed E-state index contributed by atoms with van der Waals surface area (Å²) in [5.74, 6) is 0.836. The van der Waals surface area contributed by atoms with Gasteiger partial charge in [-0.2, -0.15) is 0 Å². The van der Waals surface area contributed by atoms with E-state index in [1.165, 1.54) is 7.11 Å². The van der Waals surface area contributed by atoms with Crippen LogP contribution in [0.4, 0.5) is 0 Å². The Morgan fingerprint density at radius 1 is 0.800 bits per heavy atom. The topological polar surface area (TPSA) is 71.1 Å². The number of ketones is 1. The number of rotatable bonds is 9. The van der Waals surface area contributed by atoms with Crippen LogP contribution in [0.3, 0.4) is 0 Å². The molecule has 3 rings (SSSR count). The Hall–Kier alpha value is -3.80. The summed E-state index contributed by atoms with van der Waals surface area (Å²) in [7, 11) is 3.05. The average Bonchev–Trinajstić information content (AvgIpc) is 2.81. The van der Waals surface area contributed by atoms with Crippen molar-refractivity contribution in [1.82, 2.24) is 0 Å². The average molecular weight is 406 g/mol. The molecule has 0 bridgehead atoms. The summed E-state index contributed by atoms with van der Waals surface area (Å²) < 4.78 is 21.1. The van der Waals surface area contributed by atoms with Crippen LogP contribution in [0.1, 0.15) is 21.5 Å². The first kappa shape index (κ1) is 20.9. The van der Waals surface area contributed by atoms with Crippen LogP contribution >= 0.6 is 0 Å². The van der Waals surface area contributed by atoms with Gasteiger partial charge in [0.25, 0.3) is 0 Å². The molecule has 0 aliphatic carbocycles. The highest BCUT2D eigenvalue weighted by Crippen LogP contribution is 2.27. The maximum Gasteiger partial charge on any atom is 0.344 e. The first-order valence-corrected chi connectivity index (χ1v) is 9.30. The van der Waals surface area contributed by atoms with Gasteiger partial charge in [-0.1, -0.05) is 30.3 Å². The maximum absolute atomic E-state index is 12.8. The number of ether oxygens (including phenoxy) is 4. The van der Waals surface area contributed by atoms with Crippen LogP contribution < -0.4 is 14.2 Å². The van der Waals surface area contributed by atoms with Crippen molar-refractivity contribution in [3.63, 3.8) is 0 Å². The molecule has 0 N–H and O–H groups in total. The number of hydrogen-bond donors (Lipinski definition) is 0. The van der Waals surface area contributed by atoms with Gasteiger partial charge < -0.3 is 18.9 Å². The Morgan fingerprint density at radius 2 is 1.50 bits per heavy atom. The third-order valence-electron chi connectivity index (χ3n) is 4.37. The Kier molecular flexibility index (Phi) is 7.05. The zero-order valence-corrected chi connectivity index (χ0v) is 16.8. The third-order valence-corrected chi connectivity index (χ3v) is 4.37. The number of methoxy groups -OCH3 is 2. The largest absolute Gasteiger partial charge is 0.497 e. The first-order valence-electron chi connectivity index (χ1n) is 9.30. The molecular weight excluding hydrogens is 384 g/mol. The molecule has 0 amide bonds. The molecule has 0 aliphatic rings. The lowest BCUT2D eigenvalue weighted by molar-refractivity contribution is -0.147. The number of benzene rings is 3. The van der Waals surface area contributed by atoms with Gasteiger partial charge in [-0.3, -0.25) is 4.79 Å². The smallest absolute Gasteiger partial charge is 0.344 e. The highest BCUT2D eigenvalue weighted by molar-refractivity contribution is 6.10. The molecule has 30 heavy (non-hydrogen) atoms. The van der Waals surface area contributed by atoms with E-state index in [2.05, 4.69) is 0 Å². The standard InChI is InChI=1S/C24H22O6/c1-27-20-12-13-21(22(14-20)28-2)24(26)18-8-10-19(11-9-18)29-16-23(25)30-15-17-6-4-3-5-7-17/h3-14H,15-16H2,1-2H3. The van der Waals surface area contributed by atoms with Gasteiger partial charge in [0.15, 0.2) is 12.4 Å². The fraction of sp³-hybridized carbons (Fsp3) is 0.167. The molecule has 154 valence electrons. The number of esters is 1. The minimum Gasteiger partial charge on any atom is -0.497 e. The maximum atomic E-state index is 12.8. The zero-order chi connectivity index (χ0) is 21.3. The van der Waals surface area contributed by atoms with E-state index in [0.717, 1.165) is 5.56 Å². The first-order chi connectivity index (χ1) is 14.6. The Bertz CT molecular complexity index is 996. The number of hydrogen-bond acceptors (Lipinski definition) is 6. The predicted molar refractivity (Wildman–Crippen MR) is 111 cm³/mol. The van der Waals surface area contributed by atoms with Gasteiger partial charge in [-0.05, 0) is 42.0 Å². The Morgan fingerprint density at radius 3 is 2.17 bits per heavy atom. The molecule has 0 aliphatic heterocycles. The van der Waals surface area contributed by atoms with Gasteiger partial charge in [0.05, 0.1) is 19.8 Å². The van der Waals surface area contributed by atoms with Crippen LogP contribution in [-0.4, -0.2) is 32.6 Å². The second-order valence-electron chi connectivity index (χ2n) is 6.35. The van der Waals surface area contributed by atoms with Crippen LogP contribution in [0.15, 0.2) is 72.8 Å². The van der Waals surface area contributed by atoms with Crippen LogP contribution in [0.25, 0.3) is 0 Å². The summed E-state index contributed by atoms with van der Waals surface area (Å²) >= 11 is 0. The monoisotopic (exact) mass is 406 g/mol. The lowest BCUT2D eigenvalue weighted by Crippen LogP contribution is -2.14. The molecule has 0 unspecified atom stereocenters. The minimum absolute atomic E-state index is 0.191. The number of carbonyl (C=O) groups excluding carboxylic acids is 2. The summed E-state index contributed by atoms with van der Waals surface area (Å²) in [5, 5.41) is 0. The molecule has 6 nitrogen and oxygen atoms in total. The van der Waals surface area contributed by atoms with Crippen LogP contribution in [0.5, 0.6) is 17.2 Å². The summed E-state index contributed by atoms with van der Waals surface area (Å²) in [4.78, 5) is 24.6. The number of carbonyl (C=O) groups is 2. The summed E-state index contributed by atoms with van der Waals surface area (Å²) in [6.07, 6.45) is 0. The van der Waals surface area contributed by atoms with Gasteiger partial charge >= 0.3 is 5.97 Å². The zero-order valence-electron chi connectivity index (χ0n) is 16.8. The van der Waals surface area contributed by atoms with Crippen molar-refractivity contribution in [3.05, 3.63) is 89.5 Å². The van der Waals surface area contributed by atoms with Crippen LogP contribution in [-0.2, 0) is 16.1 Å².